The summed E-state index contributed by atoms with van der Waals surface area (Å²) in [7, 11) is 0. The number of allylic oxidation sites excluding steroid dienone is 2. The summed E-state index contributed by atoms with van der Waals surface area (Å²) in [6.45, 7) is 7.37. The highest BCUT2D eigenvalue weighted by molar-refractivity contribution is 5.96. The molecule has 0 saturated carbocycles. The lowest BCUT2D eigenvalue weighted by Crippen LogP contribution is -2.05. The minimum Gasteiger partial charge on any atom is -0.295 e. The standard InChI is InChI=1S/C10H15NO/c1-7(2)5-10(12)9(4)8(3)6-11/h7H,5H2,1-4H3/b9-8+. The van der Waals surface area contributed by atoms with E-state index in [1.54, 1.807) is 13.8 Å². The lowest BCUT2D eigenvalue weighted by atomic mass is 9.99. The van der Waals surface area contributed by atoms with Gasteiger partial charge in [0.25, 0.3) is 0 Å². The number of rotatable bonds is 3. The molecule has 0 spiro atoms. The summed E-state index contributed by atoms with van der Waals surface area (Å²) in [6.07, 6.45) is 0.533. The van der Waals surface area contributed by atoms with Crippen LogP contribution < -0.4 is 0 Å². The van der Waals surface area contributed by atoms with Crippen LogP contribution in [0.3, 0.4) is 0 Å². The van der Waals surface area contributed by atoms with Gasteiger partial charge >= 0.3 is 0 Å². The number of hydrogen-bond acceptors (Lipinski definition) is 2. The van der Waals surface area contributed by atoms with Crippen molar-refractivity contribution in [1.82, 2.24) is 0 Å². The fourth-order valence-corrected chi connectivity index (χ4v) is 0.817. The highest BCUT2D eigenvalue weighted by Crippen LogP contribution is 2.10. The van der Waals surface area contributed by atoms with Gasteiger partial charge in [0.15, 0.2) is 5.78 Å². The summed E-state index contributed by atoms with van der Waals surface area (Å²) >= 11 is 0. The Morgan fingerprint density at radius 2 is 1.92 bits per heavy atom. The van der Waals surface area contributed by atoms with Crippen molar-refractivity contribution in [2.24, 2.45) is 5.92 Å². The van der Waals surface area contributed by atoms with Crippen molar-refractivity contribution in [2.75, 3.05) is 0 Å². The zero-order chi connectivity index (χ0) is 9.72. The summed E-state index contributed by atoms with van der Waals surface area (Å²) in [4.78, 5) is 11.3. The number of carbonyl (C=O) groups is 1. The van der Waals surface area contributed by atoms with Gasteiger partial charge in [0.05, 0.1) is 6.07 Å². The summed E-state index contributed by atoms with van der Waals surface area (Å²) in [5.74, 6) is 0.447. The van der Waals surface area contributed by atoms with Gasteiger partial charge in [0.2, 0.25) is 0 Å². The molecule has 0 aromatic carbocycles. The first-order valence-electron chi connectivity index (χ1n) is 4.09. The summed E-state index contributed by atoms with van der Waals surface area (Å²) in [6, 6.07) is 1.98. The molecule has 66 valence electrons. The molecule has 0 N–H and O–H groups in total. The fourth-order valence-electron chi connectivity index (χ4n) is 0.817. The van der Waals surface area contributed by atoms with Gasteiger partial charge in [0, 0.05) is 17.6 Å². The molecule has 0 aromatic rings. The first-order chi connectivity index (χ1) is 5.49. The third-order valence-corrected chi connectivity index (χ3v) is 1.74. The van der Waals surface area contributed by atoms with Crippen LogP contribution in [0.2, 0.25) is 0 Å². The smallest absolute Gasteiger partial charge is 0.159 e. The van der Waals surface area contributed by atoms with E-state index in [0.717, 1.165) is 0 Å². The molecule has 0 fully saturated rings. The van der Waals surface area contributed by atoms with E-state index in [2.05, 4.69) is 0 Å². The minimum absolute atomic E-state index is 0.0871. The Morgan fingerprint density at radius 3 is 2.25 bits per heavy atom. The number of hydrogen-bond donors (Lipinski definition) is 0. The van der Waals surface area contributed by atoms with Gasteiger partial charge in [-0.3, -0.25) is 4.79 Å². The van der Waals surface area contributed by atoms with Gasteiger partial charge in [-0.2, -0.15) is 5.26 Å². The van der Waals surface area contributed by atoms with Crippen LogP contribution in [-0.2, 0) is 4.79 Å². The normalized spacial score (nSPS) is 12.3. The zero-order valence-electron chi connectivity index (χ0n) is 8.14. The first kappa shape index (κ1) is 10.9. The Labute approximate surface area is 73.9 Å². The topological polar surface area (TPSA) is 40.9 Å². The van der Waals surface area contributed by atoms with E-state index in [1.165, 1.54) is 0 Å². The molecule has 0 bridgehead atoms. The van der Waals surface area contributed by atoms with Gasteiger partial charge in [-0.05, 0) is 19.8 Å². The largest absolute Gasteiger partial charge is 0.295 e. The zero-order valence-corrected chi connectivity index (χ0v) is 8.14. The molecule has 2 heteroatoms. The maximum absolute atomic E-state index is 11.3. The van der Waals surface area contributed by atoms with Gasteiger partial charge in [-0.15, -0.1) is 0 Å². The Balaban J connectivity index is 4.42. The Hall–Kier alpha value is -1.10. The minimum atomic E-state index is 0.0871. The Morgan fingerprint density at radius 1 is 1.42 bits per heavy atom. The Bertz CT molecular complexity index is 243. The van der Waals surface area contributed by atoms with E-state index in [4.69, 9.17) is 5.26 Å². The fraction of sp³-hybridized carbons (Fsp3) is 0.600. The molecule has 0 aliphatic rings. The summed E-state index contributed by atoms with van der Waals surface area (Å²) in [5, 5.41) is 8.53. The van der Waals surface area contributed by atoms with Crippen LogP contribution in [0.15, 0.2) is 11.1 Å². The van der Waals surface area contributed by atoms with E-state index in [1.807, 2.05) is 19.9 Å². The van der Waals surface area contributed by atoms with Gasteiger partial charge in [0.1, 0.15) is 0 Å². The molecule has 0 unspecified atom stereocenters. The van der Waals surface area contributed by atoms with Crippen molar-refractivity contribution in [3.8, 4) is 6.07 Å². The van der Waals surface area contributed by atoms with Crippen molar-refractivity contribution in [2.45, 2.75) is 34.1 Å². The van der Waals surface area contributed by atoms with E-state index >= 15 is 0 Å². The van der Waals surface area contributed by atoms with Crippen LogP contribution in [0.4, 0.5) is 0 Å². The number of Topliss-reactive ketones (excluding diaryl/α,β-unsaturated/α-hetero) is 1. The van der Waals surface area contributed by atoms with Crippen molar-refractivity contribution >= 4 is 5.78 Å². The lowest BCUT2D eigenvalue weighted by Gasteiger charge is -2.03. The van der Waals surface area contributed by atoms with Crippen molar-refractivity contribution in [1.29, 1.82) is 5.26 Å². The average molecular weight is 165 g/mol. The molecule has 0 heterocycles. The second-order valence-corrected chi connectivity index (χ2v) is 3.38. The quantitative estimate of drug-likeness (QED) is 0.476. The second-order valence-electron chi connectivity index (χ2n) is 3.38. The highest BCUT2D eigenvalue weighted by Gasteiger charge is 2.09. The molecule has 0 saturated heterocycles. The van der Waals surface area contributed by atoms with Crippen molar-refractivity contribution in [3.05, 3.63) is 11.1 Å². The maximum Gasteiger partial charge on any atom is 0.159 e. The van der Waals surface area contributed by atoms with Crippen LogP contribution in [0.1, 0.15) is 34.1 Å². The Kier molecular flexibility index (Phi) is 4.28. The molecule has 0 rings (SSSR count). The maximum atomic E-state index is 11.3. The van der Waals surface area contributed by atoms with Gasteiger partial charge in [-0.1, -0.05) is 13.8 Å². The predicted molar refractivity (Wildman–Crippen MR) is 48.4 cm³/mol. The molecule has 0 aliphatic carbocycles. The number of nitriles is 1. The van der Waals surface area contributed by atoms with E-state index < -0.39 is 0 Å². The second kappa shape index (κ2) is 4.71. The average Bonchev–Trinajstić information content (AvgIpc) is 2.00. The van der Waals surface area contributed by atoms with Crippen molar-refractivity contribution < 1.29 is 4.79 Å². The van der Waals surface area contributed by atoms with E-state index in [9.17, 15) is 4.79 Å². The van der Waals surface area contributed by atoms with E-state index in [0.29, 0.717) is 23.5 Å². The number of carbonyl (C=O) groups excluding carboxylic acids is 1. The SMILES string of the molecule is C/C(C#N)=C(/C)C(=O)CC(C)C. The lowest BCUT2D eigenvalue weighted by molar-refractivity contribution is -0.116. The van der Waals surface area contributed by atoms with Crippen LogP contribution in [-0.4, -0.2) is 5.78 Å². The molecular weight excluding hydrogens is 150 g/mol. The molecule has 0 amide bonds. The number of ketones is 1. The third-order valence-electron chi connectivity index (χ3n) is 1.74. The van der Waals surface area contributed by atoms with Crippen LogP contribution in [0.25, 0.3) is 0 Å². The number of nitrogens with zero attached hydrogens (tertiary/aromatic N) is 1. The molecular formula is C10H15NO. The molecule has 2 nitrogen and oxygen atoms in total. The first-order valence-corrected chi connectivity index (χ1v) is 4.09. The van der Waals surface area contributed by atoms with E-state index in [-0.39, 0.29) is 5.78 Å². The van der Waals surface area contributed by atoms with Crippen LogP contribution in [0, 0.1) is 17.2 Å². The summed E-state index contributed by atoms with van der Waals surface area (Å²) < 4.78 is 0. The van der Waals surface area contributed by atoms with Crippen LogP contribution >= 0.6 is 0 Å². The van der Waals surface area contributed by atoms with Crippen LogP contribution in [0.5, 0.6) is 0 Å². The predicted octanol–water partition coefficient (Wildman–Crippen LogP) is 2.46. The van der Waals surface area contributed by atoms with Gasteiger partial charge in [-0.25, -0.2) is 0 Å². The highest BCUT2D eigenvalue weighted by atomic mass is 16.1. The molecule has 12 heavy (non-hydrogen) atoms. The molecule has 0 atom stereocenters. The van der Waals surface area contributed by atoms with Gasteiger partial charge < -0.3 is 0 Å². The third kappa shape index (κ3) is 3.34. The molecule has 0 radical (unpaired) electrons. The molecule has 0 aliphatic heterocycles. The molecule has 0 aromatic heterocycles. The monoisotopic (exact) mass is 165 g/mol. The summed E-state index contributed by atoms with van der Waals surface area (Å²) in [5.41, 5.74) is 1.13. The van der Waals surface area contributed by atoms with Crippen molar-refractivity contribution in [3.63, 3.8) is 0 Å².